The summed E-state index contributed by atoms with van der Waals surface area (Å²) in [5.41, 5.74) is 0. The number of rotatable bonds is 5. The van der Waals surface area contributed by atoms with Gasteiger partial charge >= 0.3 is 0 Å². The molecule has 2 aliphatic heterocycles. The van der Waals surface area contributed by atoms with Crippen LogP contribution in [0.2, 0.25) is 0 Å². The van der Waals surface area contributed by atoms with Crippen molar-refractivity contribution in [2.75, 3.05) is 5.75 Å². The Labute approximate surface area is 166 Å². The zero-order valence-corrected chi connectivity index (χ0v) is 17.1. The van der Waals surface area contributed by atoms with Crippen molar-refractivity contribution in [2.45, 2.75) is 25.9 Å². The van der Waals surface area contributed by atoms with E-state index in [-0.39, 0.29) is 21.9 Å². The van der Waals surface area contributed by atoms with Crippen LogP contribution in [-0.4, -0.2) is 47.3 Å². The lowest BCUT2D eigenvalue weighted by Crippen LogP contribution is -2.53. The fourth-order valence-corrected chi connectivity index (χ4v) is 5.42. The topological polar surface area (TPSA) is 96.7 Å². The number of sulfone groups is 1. The van der Waals surface area contributed by atoms with Crippen LogP contribution in [0.3, 0.4) is 0 Å². The maximum Gasteiger partial charge on any atom is 0.267 e. The molecule has 2 aliphatic rings. The Morgan fingerprint density at radius 1 is 1.48 bits per heavy atom. The van der Waals surface area contributed by atoms with Crippen LogP contribution in [-0.2, 0) is 19.4 Å². The standard InChI is InChI=1S/C17H18N2O5S3/c1-10(2)14(15(20)18-11-5-7-27(22,23)9-11)19-16(21)13(26-17(19)25)8-12-4-3-6-24-12/h3-8,10-11,14H,9H2,1-2H3,(H,18,20)/b13-8-/t11-,14+/m1/s1. The smallest absolute Gasteiger partial charge is 0.267 e. The van der Waals surface area contributed by atoms with E-state index in [9.17, 15) is 18.0 Å². The first-order valence-electron chi connectivity index (χ1n) is 8.20. The second-order valence-corrected chi connectivity index (χ2v) is 10.1. The molecule has 0 radical (unpaired) electrons. The first kappa shape index (κ1) is 19.8. The van der Waals surface area contributed by atoms with Crippen molar-refractivity contribution in [3.8, 4) is 0 Å². The van der Waals surface area contributed by atoms with Gasteiger partial charge in [0.05, 0.1) is 23.0 Å². The van der Waals surface area contributed by atoms with E-state index in [0.717, 1.165) is 17.2 Å². The van der Waals surface area contributed by atoms with Crippen LogP contribution in [0.25, 0.3) is 6.08 Å². The summed E-state index contributed by atoms with van der Waals surface area (Å²) in [7, 11) is -3.29. The minimum absolute atomic E-state index is 0.180. The molecule has 1 fully saturated rings. The van der Waals surface area contributed by atoms with Crippen LogP contribution < -0.4 is 5.32 Å². The molecule has 0 aromatic carbocycles. The van der Waals surface area contributed by atoms with Gasteiger partial charge in [0.2, 0.25) is 5.91 Å². The molecule has 2 atom stereocenters. The second kappa shape index (κ2) is 7.61. The van der Waals surface area contributed by atoms with Crippen molar-refractivity contribution in [1.82, 2.24) is 10.2 Å². The molecule has 27 heavy (non-hydrogen) atoms. The first-order chi connectivity index (χ1) is 12.7. The Kier molecular flexibility index (Phi) is 5.59. The van der Waals surface area contributed by atoms with Crippen LogP contribution in [0.5, 0.6) is 0 Å². The molecule has 1 aromatic heterocycles. The summed E-state index contributed by atoms with van der Waals surface area (Å²) in [5, 5.41) is 3.78. The van der Waals surface area contributed by atoms with E-state index in [2.05, 4.69) is 5.32 Å². The van der Waals surface area contributed by atoms with Crippen molar-refractivity contribution < 1.29 is 22.4 Å². The largest absolute Gasteiger partial charge is 0.465 e. The monoisotopic (exact) mass is 426 g/mol. The maximum absolute atomic E-state index is 12.9. The molecule has 0 aliphatic carbocycles. The van der Waals surface area contributed by atoms with Gasteiger partial charge in [-0.2, -0.15) is 0 Å². The van der Waals surface area contributed by atoms with Crippen LogP contribution in [0.15, 0.2) is 39.2 Å². The summed E-state index contributed by atoms with van der Waals surface area (Å²) in [4.78, 5) is 27.3. The highest BCUT2D eigenvalue weighted by atomic mass is 32.2. The predicted molar refractivity (Wildman–Crippen MR) is 107 cm³/mol. The minimum Gasteiger partial charge on any atom is -0.465 e. The number of amides is 2. The number of thiocarbonyl (C=S) groups is 1. The summed E-state index contributed by atoms with van der Waals surface area (Å²) in [6.07, 6.45) is 4.52. The Hall–Kier alpha value is -1.91. The van der Waals surface area contributed by atoms with Crippen molar-refractivity contribution in [2.24, 2.45) is 5.92 Å². The SMILES string of the molecule is CC(C)[C@@H](C(=O)N[C@@H]1C=CS(=O)(=O)C1)N1C(=O)/C(=C/c2ccco2)SC1=S. The molecule has 7 nitrogen and oxygen atoms in total. The Balaban J connectivity index is 1.80. The highest BCUT2D eigenvalue weighted by Gasteiger charge is 2.42. The van der Waals surface area contributed by atoms with Crippen LogP contribution in [0.1, 0.15) is 19.6 Å². The summed E-state index contributed by atoms with van der Waals surface area (Å²) >= 11 is 6.44. The van der Waals surface area contributed by atoms with Gasteiger partial charge in [0.15, 0.2) is 9.84 Å². The third-order valence-electron chi connectivity index (χ3n) is 4.08. The lowest BCUT2D eigenvalue weighted by Gasteiger charge is -2.29. The van der Waals surface area contributed by atoms with E-state index >= 15 is 0 Å². The van der Waals surface area contributed by atoms with Gasteiger partial charge in [-0.1, -0.05) is 37.8 Å². The number of furan rings is 1. The fourth-order valence-electron chi connectivity index (χ4n) is 2.87. The van der Waals surface area contributed by atoms with E-state index < -0.39 is 27.8 Å². The molecule has 0 bridgehead atoms. The van der Waals surface area contributed by atoms with E-state index in [4.69, 9.17) is 16.6 Å². The summed E-state index contributed by atoms with van der Waals surface area (Å²) in [6, 6.07) is 1.98. The number of nitrogens with one attached hydrogen (secondary N) is 1. The third kappa shape index (κ3) is 4.33. The van der Waals surface area contributed by atoms with Gasteiger partial charge in [0.25, 0.3) is 5.91 Å². The lowest BCUT2D eigenvalue weighted by molar-refractivity contribution is -0.134. The van der Waals surface area contributed by atoms with E-state index in [0.29, 0.717) is 10.7 Å². The molecule has 144 valence electrons. The Bertz CT molecular complexity index is 932. The molecule has 0 unspecified atom stereocenters. The van der Waals surface area contributed by atoms with Crippen molar-refractivity contribution in [3.63, 3.8) is 0 Å². The molecule has 1 N–H and O–H groups in total. The molecular formula is C17H18N2O5S3. The predicted octanol–water partition coefficient (Wildman–Crippen LogP) is 1.93. The van der Waals surface area contributed by atoms with E-state index in [1.54, 1.807) is 32.1 Å². The number of hydrogen-bond acceptors (Lipinski definition) is 7. The van der Waals surface area contributed by atoms with Gasteiger partial charge < -0.3 is 9.73 Å². The average Bonchev–Trinajstić information content (AvgIpc) is 3.25. The molecule has 3 rings (SSSR count). The molecule has 0 spiro atoms. The quantitative estimate of drug-likeness (QED) is 0.568. The zero-order chi connectivity index (χ0) is 19.8. The molecule has 3 heterocycles. The number of carbonyl (C=O) groups is 2. The highest BCUT2D eigenvalue weighted by molar-refractivity contribution is 8.26. The summed E-state index contributed by atoms with van der Waals surface area (Å²) < 4.78 is 28.6. The third-order valence-corrected chi connectivity index (χ3v) is 6.80. The van der Waals surface area contributed by atoms with Crippen LogP contribution >= 0.6 is 24.0 Å². The first-order valence-corrected chi connectivity index (χ1v) is 11.1. The lowest BCUT2D eigenvalue weighted by atomic mass is 10.0. The normalized spacial score (nSPS) is 24.2. The molecule has 2 amide bonds. The van der Waals surface area contributed by atoms with Crippen molar-refractivity contribution in [1.29, 1.82) is 0 Å². The number of hydrogen-bond donors (Lipinski definition) is 1. The van der Waals surface area contributed by atoms with Gasteiger partial charge in [-0.15, -0.1) is 0 Å². The van der Waals surface area contributed by atoms with E-state index in [1.165, 1.54) is 17.2 Å². The minimum atomic E-state index is -3.29. The Morgan fingerprint density at radius 3 is 2.78 bits per heavy atom. The molecule has 10 heteroatoms. The second-order valence-electron chi connectivity index (χ2n) is 6.53. The maximum atomic E-state index is 12.9. The van der Waals surface area contributed by atoms with Crippen molar-refractivity contribution in [3.05, 3.63) is 40.5 Å². The van der Waals surface area contributed by atoms with Gasteiger partial charge in [-0.05, 0) is 24.1 Å². The summed E-state index contributed by atoms with van der Waals surface area (Å²) in [5.74, 6) is -0.697. The molecule has 1 aromatic rings. The molecule has 1 saturated heterocycles. The zero-order valence-electron chi connectivity index (χ0n) is 14.6. The fraction of sp³-hybridized carbons (Fsp3) is 0.353. The van der Waals surface area contributed by atoms with Crippen molar-refractivity contribution >= 4 is 56.0 Å². The molecule has 0 saturated carbocycles. The summed E-state index contributed by atoms with van der Waals surface area (Å²) in [6.45, 7) is 3.61. The van der Waals surface area contributed by atoms with E-state index in [1.807, 2.05) is 0 Å². The number of thioether (sulfide) groups is 1. The highest BCUT2D eigenvalue weighted by Crippen LogP contribution is 2.35. The van der Waals surface area contributed by atoms with Gasteiger partial charge in [-0.25, -0.2) is 8.42 Å². The van der Waals surface area contributed by atoms with Gasteiger partial charge in [0.1, 0.15) is 16.1 Å². The Morgan fingerprint density at radius 2 is 2.22 bits per heavy atom. The van der Waals surface area contributed by atoms with Crippen LogP contribution in [0, 0.1) is 5.92 Å². The van der Waals surface area contributed by atoms with Gasteiger partial charge in [0, 0.05) is 11.5 Å². The number of nitrogens with zero attached hydrogens (tertiary/aromatic N) is 1. The van der Waals surface area contributed by atoms with Gasteiger partial charge in [-0.3, -0.25) is 14.5 Å². The average molecular weight is 427 g/mol. The van der Waals surface area contributed by atoms with Crippen LogP contribution in [0.4, 0.5) is 0 Å². The molecular weight excluding hydrogens is 408 g/mol. The number of carbonyl (C=O) groups excluding carboxylic acids is 2.